The molecular formula is C21H22FN3O3. The molecule has 0 bridgehead atoms. The van der Waals surface area contributed by atoms with Crippen LogP contribution in [0.4, 0.5) is 4.39 Å². The molecule has 0 unspecified atom stereocenters. The van der Waals surface area contributed by atoms with E-state index in [-0.39, 0.29) is 36.2 Å². The topological polar surface area (TPSA) is 71.5 Å². The van der Waals surface area contributed by atoms with Gasteiger partial charge in [0, 0.05) is 18.7 Å². The lowest BCUT2D eigenvalue weighted by Crippen LogP contribution is -2.47. The quantitative estimate of drug-likeness (QED) is 0.829. The Morgan fingerprint density at radius 2 is 2.11 bits per heavy atom. The fourth-order valence-electron chi connectivity index (χ4n) is 3.46. The second kappa shape index (κ2) is 7.96. The van der Waals surface area contributed by atoms with E-state index in [9.17, 15) is 14.0 Å². The van der Waals surface area contributed by atoms with Crippen LogP contribution < -0.4 is 10.1 Å². The Kier molecular flexibility index (Phi) is 5.23. The van der Waals surface area contributed by atoms with Gasteiger partial charge in [0.1, 0.15) is 23.7 Å². The number of carbonyl (C=O) groups is 2. The smallest absolute Gasteiger partial charge is 0.243 e. The van der Waals surface area contributed by atoms with E-state index in [0.717, 1.165) is 12.8 Å². The molecule has 1 aliphatic carbocycles. The number of nitrogens with one attached hydrogen (secondary N) is 1. The van der Waals surface area contributed by atoms with Crippen molar-refractivity contribution in [2.24, 2.45) is 0 Å². The van der Waals surface area contributed by atoms with Crippen LogP contribution in [0.1, 0.15) is 24.8 Å². The number of halogens is 1. The second-order valence-corrected chi connectivity index (χ2v) is 7.32. The molecular weight excluding hydrogens is 361 g/mol. The number of carbonyl (C=O) groups excluding carboxylic acids is 2. The van der Waals surface area contributed by atoms with E-state index in [1.807, 2.05) is 0 Å². The first-order valence-electron chi connectivity index (χ1n) is 9.49. The van der Waals surface area contributed by atoms with E-state index in [1.165, 1.54) is 12.1 Å². The SMILES string of the molecule is O=C(NC1CC1)[C@@H]1C[C@H](Oc2cccnc2)CN1C(=O)Cc1cccc(F)c1. The Balaban J connectivity index is 1.47. The molecule has 1 aliphatic heterocycles. The molecule has 2 aliphatic rings. The molecule has 2 heterocycles. The Morgan fingerprint density at radius 1 is 1.25 bits per heavy atom. The van der Waals surface area contributed by atoms with Gasteiger partial charge in [0.2, 0.25) is 11.8 Å². The van der Waals surface area contributed by atoms with Gasteiger partial charge < -0.3 is 15.0 Å². The first kappa shape index (κ1) is 18.4. The van der Waals surface area contributed by atoms with Gasteiger partial charge in [0.15, 0.2) is 0 Å². The molecule has 0 radical (unpaired) electrons. The summed E-state index contributed by atoms with van der Waals surface area (Å²) in [5, 5.41) is 2.98. The highest BCUT2D eigenvalue weighted by Gasteiger charge is 2.41. The third-order valence-electron chi connectivity index (χ3n) is 4.99. The molecule has 1 aromatic carbocycles. The summed E-state index contributed by atoms with van der Waals surface area (Å²) in [6.45, 7) is 0.311. The summed E-state index contributed by atoms with van der Waals surface area (Å²) < 4.78 is 19.4. The summed E-state index contributed by atoms with van der Waals surface area (Å²) in [6, 6.07) is 9.17. The monoisotopic (exact) mass is 383 g/mol. The van der Waals surface area contributed by atoms with E-state index in [4.69, 9.17) is 4.74 Å². The van der Waals surface area contributed by atoms with E-state index in [2.05, 4.69) is 10.3 Å². The first-order valence-corrected chi connectivity index (χ1v) is 9.49. The van der Waals surface area contributed by atoms with Gasteiger partial charge in [-0.15, -0.1) is 0 Å². The maximum Gasteiger partial charge on any atom is 0.243 e. The maximum absolute atomic E-state index is 13.4. The molecule has 146 valence electrons. The number of rotatable bonds is 6. The number of aromatic nitrogens is 1. The molecule has 2 aromatic rings. The van der Waals surface area contributed by atoms with Gasteiger partial charge in [0.25, 0.3) is 0 Å². The summed E-state index contributed by atoms with van der Waals surface area (Å²) >= 11 is 0. The lowest BCUT2D eigenvalue weighted by atomic mass is 10.1. The van der Waals surface area contributed by atoms with Crippen LogP contribution in [0.15, 0.2) is 48.8 Å². The van der Waals surface area contributed by atoms with Crippen LogP contribution in [0.5, 0.6) is 5.75 Å². The van der Waals surface area contributed by atoms with Crippen molar-refractivity contribution in [3.63, 3.8) is 0 Å². The molecule has 1 aromatic heterocycles. The number of amides is 2. The number of hydrogen-bond donors (Lipinski definition) is 1. The zero-order chi connectivity index (χ0) is 19.5. The van der Waals surface area contributed by atoms with Crippen molar-refractivity contribution >= 4 is 11.8 Å². The lowest BCUT2D eigenvalue weighted by molar-refractivity contribution is -0.138. The second-order valence-electron chi connectivity index (χ2n) is 7.32. The van der Waals surface area contributed by atoms with Crippen LogP contribution in [0.3, 0.4) is 0 Å². The molecule has 2 amide bonds. The minimum atomic E-state index is -0.580. The number of ether oxygens (including phenoxy) is 1. The van der Waals surface area contributed by atoms with Gasteiger partial charge in [-0.3, -0.25) is 14.6 Å². The maximum atomic E-state index is 13.4. The lowest BCUT2D eigenvalue weighted by Gasteiger charge is -2.23. The number of likely N-dealkylation sites (tertiary alicyclic amines) is 1. The largest absolute Gasteiger partial charge is 0.487 e. The third kappa shape index (κ3) is 4.47. The highest BCUT2D eigenvalue weighted by atomic mass is 19.1. The van der Waals surface area contributed by atoms with Gasteiger partial charge in [0.05, 0.1) is 19.2 Å². The fourth-order valence-corrected chi connectivity index (χ4v) is 3.46. The molecule has 1 saturated heterocycles. The molecule has 1 N–H and O–H groups in total. The van der Waals surface area contributed by atoms with E-state index in [0.29, 0.717) is 24.3 Å². The minimum Gasteiger partial charge on any atom is -0.487 e. The standard InChI is InChI=1S/C21H22FN3O3/c22-15-4-1-3-14(9-15)10-20(26)25-13-18(28-17-5-2-8-23-12-17)11-19(25)21(27)24-16-6-7-16/h1-5,8-9,12,16,18-19H,6-7,10-11,13H2,(H,24,27)/t18-,19-/m0/s1. The van der Waals surface area contributed by atoms with Crippen molar-refractivity contribution in [1.29, 1.82) is 0 Å². The molecule has 28 heavy (non-hydrogen) atoms. The number of nitrogens with zero attached hydrogens (tertiary/aromatic N) is 2. The van der Waals surface area contributed by atoms with Crippen LogP contribution in [-0.2, 0) is 16.0 Å². The molecule has 1 saturated carbocycles. The van der Waals surface area contributed by atoms with Gasteiger partial charge in [-0.25, -0.2) is 4.39 Å². The van der Waals surface area contributed by atoms with Crippen molar-refractivity contribution < 1.29 is 18.7 Å². The molecule has 4 rings (SSSR count). The molecule has 2 fully saturated rings. The van der Waals surface area contributed by atoms with Crippen LogP contribution in [0, 0.1) is 5.82 Å². The molecule has 2 atom stereocenters. The average molecular weight is 383 g/mol. The number of hydrogen-bond acceptors (Lipinski definition) is 4. The van der Waals surface area contributed by atoms with Gasteiger partial charge in [-0.05, 0) is 42.7 Å². The Bertz CT molecular complexity index is 857. The normalized spacial score (nSPS) is 21.4. The van der Waals surface area contributed by atoms with E-state index in [1.54, 1.807) is 41.6 Å². The predicted octanol–water partition coefficient (Wildman–Crippen LogP) is 2.09. The van der Waals surface area contributed by atoms with Gasteiger partial charge in [-0.2, -0.15) is 0 Å². The van der Waals surface area contributed by atoms with Crippen molar-refractivity contribution in [2.75, 3.05) is 6.54 Å². The molecule has 7 heteroatoms. The average Bonchev–Trinajstić information content (AvgIpc) is 3.39. The predicted molar refractivity (Wildman–Crippen MR) is 100 cm³/mol. The van der Waals surface area contributed by atoms with Crippen LogP contribution in [-0.4, -0.2) is 46.4 Å². The highest BCUT2D eigenvalue weighted by molar-refractivity contribution is 5.89. The number of pyridine rings is 1. The Hall–Kier alpha value is -2.96. The summed E-state index contributed by atoms with van der Waals surface area (Å²) in [4.78, 5) is 31.2. The van der Waals surface area contributed by atoms with Crippen LogP contribution >= 0.6 is 0 Å². The minimum absolute atomic E-state index is 0.0462. The summed E-state index contributed by atoms with van der Waals surface area (Å²) in [6.07, 6.45) is 5.39. The summed E-state index contributed by atoms with van der Waals surface area (Å²) in [5.74, 6) is -0.132. The van der Waals surface area contributed by atoms with Gasteiger partial charge >= 0.3 is 0 Å². The Morgan fingerprint density at radius 3 is 2.82 bits per heavy atom. The van der Waals surface area contributed by atoms with Crippen molar-refractivity contribution in [1.82, 2.24) is 15.2 Å². The van der Waals surface area contributed by atoms with Crippen LogP contribution in [0.2, 0.25) is 0 Å². The molecule has 6 nitrogen and oxygen atoms in total. The van der Waals surface area contributed by atoms with Crippen LogP contribution in [0.25, 0.3) is 0 Å². The summed E-state index contributed by atoms with van der Waals surface area (Å²) in [5.41, 5.74) is 0.586. The highest BCUT2D eigenvalue weighted by Crippen LogP contribution is 2.26. The third-order valence-corrected chi connectivity index (χ3v) is 4.99. The Labute approximate surface area is 162 Å². The van der Waals surface area contributed by atoms with E-state index < -0.39 is 6.04 Å². The zero-order valence-electron chi connectivity index (χ0n) is 15.4. The first-order chi connectivity index (χ1) is 13.6. The molecule has 0 spiro atoms. The summed E-state index contributed by atoms with van der Waals surface area (Å²) in [7, 11) is 0. The van der Waals surface area contributed by atoms with Crippen molar-refractivity contribution in [3.8, 4) is 5.75 Å². The van der Waals surface area contributed by atoms with Crippen molar-refractivity contribution in [3.05, 3.63) is 60.2 Å². The van der Waals surface area contributed by atoms with Crippen molar-refractivity contribution in [2.45, 2.75) is 43.9 Å². The fraction of sp³-hybridized carbons (Fsp3) is 0.381. The zero-order valence-corrected chi connectivity index (χ0v) is 15.4. The van der Waals surface area contributed by atoms with Gasteiger partial charge in [-0.1, -0.05) is 12.1 Å². The van der Waals surface area contributed by atoms with E-state index >= 15 is 0 Å². The number of benzene rings is 1.